The minimum absolute atomic E-state index is 0.0850. The topological polar surface area (TPSA) is 98.3 Å². The number of halogens is 1. The van der Waals surface area contributed by atoms with Crippen LogP contribution in [-0.4, -0.2) is 35.2 Å². The fourth-order valence-corrected chi connectivity index (χ4v) is 1.73. The standard InChI is InChI=1S/C13H14ClN5O3/c1-21-12-17-10(18-13(19-12)22-2)7-15-11(20)16-9-5-3-4-8(14)6-9/h3-6H,7H2,1-2H3,(H2,15,16,20). The number of urea groups is 1. The van der Waals surface area contributed by atoms with Crippen molar-refractivity contribution in [3.05, 3.63) is 35.1 Å². The molecule has 0 saturated heterocycles. The van der Waals surface area contributed by atoms with E-state index in [1.165, 1.54) is 14.2 Å². The number of carbonyl (C=O) groups excluding carboxylic acids is 1. The maximum Gasteiger partial charge on any atom is 0.322 e. The second-order valence-electron chi connectivity index (χ2n) is 4.04. The number of nitrogens with zero attached hydrogens (tertiary/aromatic N) is 3. The highest BCUT2D eigenvalue weighted by Crippen LogP contribution is 2.14. The average molecular weight is 324 g/mol. The zero-order chi connectivity index (χ0) is 15.9. The number of hydrogen-bond acceptors (Lipinski definition) is 6. The van der Waals surface area contributed by atoms with Crippen molar-refractivity contribution >= 4 is 23.3 Å². The molecule has 0 aliphatic carbocycles. The van der Waals surface area contributed by atoms with Crippen LogP contribution in [0, 0.1) is 0 Å². The molecule has 0 unspecified atom stereocenters. The van der Waals surface area contributed by atoms with E-state index in [4.69, 9.17) is 21.1 Å². The second kappa shape index (κ2) is 7.41. The van der Waals surface area contributed by atoms with Gasteiger partial charge in [0.1, 0.15) is 0 Å². The summed E-state index contributed by atoms with van der Waals surface area (Å²) in [6.45, 7) is 0.0850. The number of rotatable bonds is 5. The lowest BCUT2D eigenvalue weighted by molar-refractivity contribution is 0.251. The first kappa shape index (κ1) is 15.8. The smallest absolute Gasteiger partial charge is 0.322 e. The van der Waals surface area contributed by atoms with E-state index in [0.29, 0.717) is 16.5 Å². The maximum atomic E-state index is 11.8. The number of nitrogens with one attached hydrogen (secondary N) is 2. The first-order valence-electron chi connectivity index (χ1n) is 6.24. The Kier molecular flexibility index (Phi) is 5.31. The number of amides is 2. The Morgan fingerprint density at radius 2 is 1.86 bits per heavy atom. The molecule has 0 bridgehead atoms. The Bertz CT molecular complexity index is 646. The molecule has 9 heteroatoms. The molecule has 8 nitrogen and oxygen atoms in total. The van der Waals surface area contributed by atoms with E-state index in [1.54, 1.807) is 24.3 Å². The van der Waals surface area contributed by atoms with Gasteiger partial charge in [-0.2, -0.15) is 9.97 Å². The largest absolute Gasteiger partial charge is 0.467 e. The summed E-state index contributed by atoms with van der Waals surface area (Å²) in [5.41, 5.74) is 0.579. The Morgan fingerprint density at radius 3 is 2.45 bits per heavy atom. The molecule has 0 aliphatic rings. The summed E-state index contributed by atoms with van der Waals surface area (Å²) in [4.78, 5) is 23.7. The van der Waals surface area contributed by atoms with Gasteiger partial charge in [0.2, 0.25) is 0 Å². The first-order valence-corrected chi connectivity index (χ1v) is 6.62. The van der Waals surface area contributed by atoms with Crippen molar-refractivity contribution in [3.63, 3.8) is 0 Å². The van der Waals surface area contributed by atoms with Crippen molar-refractivity contribution < 1.29 is 14.3 Å². The van der Waals surface area contributed by atoms with Crippen molar-refractivity contribution in [2.75, 3.05) is 19.5 Å². The number of carbonyl (C=O) groups is 1. The summed E-state index contributed by atoms with van der Waals surface area (Å²) in [7, 11) is 2.86. The van der Waals surface area contributed by atoms with E-state index in [9.17, 15) is 4.79 Å². The fraction of sp³-hybridized carbons (Fsp3) is 0.231. The average Bonchev–Trinajstić information content (AvgIpc) is 2.52. The van der Waals surface area contributed by atoms with Gasteiger partial charge < -0.3 is 20.1 Å². The number of methoxy groups -OCH3 is 2. The van der Waals surface area contributed by atoms with Crippen LogP contribution < -0.4 is 20.1 Å². The zero-order valence-electron chi connectivity index (χ0n) is 12.0. The lowest BCUT2D eigenvalue weighted by atomic mass is 10.3. The van der Waals surface area contributed by atoms with E-state index in [1.807, 2.05) is 0 Å². The van der Waals surface area contributed by atoms with E-state index >= 15 is 0 Å². The van der Waals surface area contributed by atoms with Gasteiger partial charge in [-0.1, -0.05) is 17.7 Å². The molecule has 2 amide bonds. The summed E-state index contributed by atoms with van der Waals surface area (Å²) >= 11 is 5.84. The summed E-state index contributed by atoms with van der Waals surface area (Å²) in [5, 5.41) is 5.79. The number of ether oxygens (including phenoxy) is 2. The Balaban J connectivity index is 1.96. The Morgan fingerprint density at radius 1 is 1.18 bits per heavy atom. The van der Waals surface area contributed by atoms with E-state index in [2.05, 4.69) is 25.6 Å². The van der Waals surface area contributed by atoms with Crippen molar-refractivity contribution in [2.45, 2.75) is 6.54 Å². The van der Waals surface area contributed by atoms with Crippen LogP contribution >= 0.6 is 11.6 Å². The van der Waals surface area contributed by atoms with Crippen LogP contribution in [0.1, 0.15) is 5.82 Å². The molecule has 0 radical (unpaired) electrons. The zero-order valence-corrected chi connectivity index (χ0v) is 12.7. The Labute approximate surface area is 131 Å². The maximum absolute atomic E-state index is 11.8. The number of hydrogen-bond donors (Lipinski definition) is 2. The molecule has 1 aromatic heterocycles. The van der Waals surface area contributed by atoms with Crippen LogP contribution in [0.15, 0.2) is 24.3 Å². The summed E-state index contributed by atoms with van der Waals surface area (Å²) in [6.07, 6.45) is 0. The molecule has 2 rings (SSSR count). The van der Waals surface area contributed by atoms with Gasteiger partial charge in [-0.15, -0.1) is 4.98 Å². The summed E-state index contributed by atoms with van der Waals surface area (Å²) < 4.78 is 9.86. The molecule has 1 heterocycles. The van der Waals surface area contributed by atoms with Gasteiger partial charge in [0.05, 0.1) is 20.8 Å². The SMILES string of the molecule is COc1nc(CNC(=O)Nc2cccc(Cl)c2)nc(OC)n1. The molecule has 0 spiro atoms. The van der Waals surface area contributed by atoms with Gasteiger partial charge in [-0.25, -0.2) is 4.79 Å². The molecule has 2 N–H and O–H groups in total. The molecule has 2 aromatic rings. The third-order valence-corrected chi connectivity index (χ3v) is 2.73. The molecular formula is C13H14ClN5O3. The van der Waals surface area contributed by atoms with E-state index in [0.717, 1.165) is 0 Å². The molecular weight excluding hydrogens is 310 g/mol. The van der Waals surface area contributed by atoms with Crippen LogP contribution in [0.2, 0.25) is 5.02 Å². The van der Waals surface area contributed by atoms with Crippen molar-refractivity contribution in [2.24, 2.45) is 0 Å². The number of anilines is 1. The van der Waals surface area contributed by atoms with E-state index < -0.39 is 6.03 Å². The fourth-order valence-electron chi connectivity index (χ4n) is 1.54. The van der Waals surface area contributed by atoms with Gasteiger partial charge in [0, 0.05) is 10.7 Å². The first-order chi connectivity index (χ1) is 10.6. The Hall–Kier alpha value is -2.61. The van der Waals surface area contributed by atoms with Crippen LogP contribution in [0.25, 0.3) is 0 Å². The predicted molar refractivity (Wildman–Crippen MR) is 80.2 cm³/mol. The quantitative estimate of drug-likeness (QED) is 0.871. The summed E-state index contributed by atoms with van der Waals surface area (Å²) in [6, 6.07) is 6.61. The predicted octanol–water partition coefficient (Wildman–Crippen LogP) is 1.86. The molecule has 116 valence electrons. The minimum Gasteiger partial charge on any atom is -0.467 e. The van der Waals surface area contributed by atoms with Crippen LogP contribution in [0.4, 0.5) is 10.5 Å². The molecule has 0 atom stereocenters. The number of aromatic nitrogens is 3. The lowest BCUT2D eigenvalue weighted by Crippen LogP contribution is -2.29. The lowest BCUT2D eigenvalue weighted by Gasteiger charge is -2.08. The van der Waals surface area contributed by atoms with Gasteiger partial charge >= 0.3 is 18.1 Å². The van der Waals surface area contributed by atoms with E-state index in [-0.39, 0.29) is 18.6 Å². The number of benzene rings is 1. The van der Waals surface area contributed by atoms with Gasteiger partial charge in [-0.05, 0) is 18.2 Å². The molecule has 0 fully saturated rings. The van der Waals surface area contributed by atoms with Crippen LogP contribution in [0.3, 0.4) is 0 Å². The van der Waals surface area contributed by atoms with Crippen molar-refractivity contribution in [3.8, 4) is 12.0 Å². The molecule has 0 saturated carbocycles. The van der Waals surface area contributed by atoms with Crippen molar-refractivity contribution in [1.82, 2.24) is 20.3 Å². The second-order valence-corrected chi connectivity index (χ2v) is 4.48. The third-order valence-electron chi connectivity index (χ3n) is 2.50. The molecule has 1 aromatic carbocycles. The van der Waals surface area contributed by atoms with Gasteiger partial charge in [-0.3, -0.25) is 0 Å². The minimum atomic E-state index is -0.416. The van der Waals surface area contributed by atoms with Gasteiger partial charge in [0.25, 0.3) is 0 Å². The summed E-state index contributed by atoms with van der Waals surface area (Å²) in [5.74, 6) is 0.310. The van der Waals surface area contributed by atoms with Gasteiger partial charge in [0.15, 0.2) is 5.82 Å². The highest BCUT2D eigenvalue weighted by Gasteiger charge is 2.09. The van der Waals surface area contributed by atoms with Crippen molar-refractivity contribution in [1.29, 1.82) is 0 Å². The van der Waals surface area contributed by atoms with Crippen LogP contribution in [0.5, 0.6) is 12.0 Å². The monoisotopic (exact) mass is 323 g/mol. The molecule has 22 heavy (non-hydrogen) atoms. The highest BCUT2D eigenvalue weighted by atomic mass is 35.5. The molecule has 0 aliphatic heterocycles. The third kappa shape index (κ3) is 4.45. The van der Waals surface area contributed by atoms with Crippen LogP contribution in [-0.2, 0) is 6.54 Å². The normalized spacial score (nSPS) is 9.95. The highest BCUT2D eigenvalue weighted by molar-refractivity contribution is 6.30.